The van der Waals surface area contributed by atoms with Gasteiger partial charge in [-0.15, -0.1) is 0 Å². The first-order valence-electron chi connectivity index (χ1n) is 6.26. The molecule has 15 heavy (non-hydrogen) atoms. The van der Waals surface area contributed by atoms with Crippen molar-refractivity contribution in [1.29, 1.82) is 0 Å². The summed E-state index contributed by atoms with van der Waals surface area (Å²) in [7, 11) is 2.19. The molecule has 3 nitrogen and oxygen atoms in total. The fourth-order valence-electron chi connectivity index (χ4n) is 2.42. The van der Waals surface area contributed by atoms with Gasteiger partial charge in [0.15, 0.2) is 0 Å². The molecule has 1 fully saturated rings. The fraction of sp³-hybridized carbons (Fsp3) is 1.00. The second-order valence-electron chi connectivity index (χ2n) is 4.96. The van der Waals surface area contributed by atoms with Gasteiger partial charge in [-0.2, -0.15) is 0 Å². The van der Waals surface area contributed by atoms with Gasteiger partial charge in [-0.3, -0.25) is 4.90 Å². The van der Waals surface area contributed by atoms with Crippen molar-refractivity contribution in [3.63, 3.8) is 0 Å². The van der Waals surface area contributed by atoms with Crippen molar-refractivity contribution < 1.29 is 0 Å². The molecular formula is C12H27N3. The van der Waals surface area contributed by atoms with Crippen molar-refractivity contribution in [1.82, 2.24) is 9.80 Å². The van der Waals surface area contributed by atoms with Gasteiger partial charge in [0.1, 0.15) is 0 Å². The molecule has 1 heterocycles. The molecular weight excluding hydrogens is 186 g/mol. The van der Waals surface area contributed by atoms with Gasteiger partial charge >= 0.3 is 0 Å². The molecule has 1 aliphatic heterocycles. The van der Waals surface area contributed by atoms with Crippen LogP contribution in [0.25, 0.3) is 0 Å². The Labute approximate surface area is 94.6 Å². The minimum absolute atomic E-state index is 0.256. The van der Waals surface area contributed by atoms with Crippen LogP contribution in [0.15, 0.2) is 0 Å². The lowest BCUT2D eigenvalue weighted by molar-refractivity contribution is 0.159. The summed E-state index contributed by atoms with van der Waals surface area (Å²) in [5.41, 5.74) is 5.92. The quantitative estimate of drug-likeness (QED) is 0.743. The van der Waals surface area contributed by atoms with Crippen molar-refractivity contribution in [3.8, 4) is 0 Å². The van der Waals surface area contributed by atoms with Crippen LogP contribution < -0.4 is 5.73 Å². The van der Waals surface area contributed by atoms with Crippen LogP contribution >= 0.6 is 0 Å². The number of nitrogens with zero attached hydrogens (tertiary/aromatic N) is 2. The van der Waals surface area contributed by atoms with Crippen LogP contribution in [-0.2, 0) is 0 Å². The third kappa shape index (κ3) is 3.44. The monoisotopic (exact) mass is 213 g/mol. The molecule has 90 valence electrons. The second-order valence-corrected chi connectivity index (χ2v) is 4.96. The standard InChI is InChI=1S/C12H27N3/c1-5-15-8-6-7-12(15)9-14(4)11(3)10(2)13/h10-12H,5-9,13H2,1-4H3. The van der Waals surface area contributed by atoms with E-state index in [-0.39, 0.29) is 6.04 Å². The summed E-state index contributed by atoms with van der Waals surface area (Å²) in [5.74, 6) is 0. The number of rotatable bonds is 5. The van der Waals surface area contributed by atoms with Gasteiger partial charge in [0.2, 0.25) is 0 Å². The van der Waals surface area contributed by atoms with E-state index in [0.717, 1.165) is 12.6 Å². The summed E-state index contributed by atoms with van der Waals surface area (Å²) >= 11 is 0. The fourth-order valence-corrected chi connectivity index (χ4v) is 2.42. The Morgan fingerprint density at radius 1 is 1.47 bits per heavy atom. The third-order valence-electron chi connectivity index (χ3n) is 3.86. The van der Waals surface area contributed by atoms with Gasteiger partial charge in [-0.1, -0.05) is 6.92 Å². The summed E-state index contributed by atoms with van der Waals surface area (Å²) < 4.78 is 0. The molecule has 0 aromatic rings. The molecule has 0 aromatic heterocycles. The van der Waals surface area contributed by atoms with E-state index in [4.69, 9.17) is 5.73 Å². The van der Waals surface area contributed by atoms with Crippen molar-refractivity contribution in [2.45, 2.75) is 51.7 Å². The first kappa shape index (κ1) is 12.9. The van der Waals surface area contributed by atoms with E-state index in [2.05, 4.69) is 37.6 Å². The van der Waals surface area contributed by atoms with Crippen LogP contribution in [0.2, 0.25) is 0 Å². The van der Waals surface area contributed by atoms with E-state index in [1.165, 1.54) is 25.9 Å². The van der Waals surface area contributed by atoms with Crippen LogP contribution in [-0.4, -0.2) is 54.6 Å². The Balaban J connectivity index is 2.39. The van der Waals surface area contributed by atoms with Gasteiger partial charge in [0, 0.05) is 24.7 Å². The summed E-state index contributed by atoms with van der Waals surface area (Å²) in [5, 5.41) is 0. The molecule has 0 aromatic carbocycles. The van der Waals surface area contributed by atoms with E-state index in [9.17, 15) is 0 Å². The van der Waals surface area contributed by atoms with Crippen LogP contribution in [0.4, 0.5) is 0 Å². The molecule has 0 radical (unpaired) electrons. The number of nitrogens with two attached hydrogens (primary N) is 1. The van der Waals surface area contributed by atoms with Gasteiger partial charge < -0.3 is 10.6 Å². The highest BCUT2D eigenvalue weighted by atomic mass is 15.2. The van der Waals surface area contributed by atoms with Crippen LogP contribution in [0.3, 0.4) is 0 Å². The Hall–Kier alpha value is -0.120. The summed E-state index contributed by atoms with van der Waals surface area (Å²) in [6.45, 7) is 10.2. The molecule has 0 aliphatic carbocycles. The Bertz CT molecular complexity index is 182. The van der Waals surface area contributed by atoms with Gasteiger partial charge in [0.25, 0.3) is 0 Å². The Kier molecular flexibility index (Phi) is 5.03. The summed E-state index contributed by atoms with van der Waals surface area (Å²) in [6, 6.07) is 1.48. The van der Waals surface area contributed by atoms with E-state index in [1.54, 1.807) is 0 Å². The van der Waals surface area contributed by atoms with Gasteiger partial charge in [-0.25, -0.2) is 0 Å². The van der Waals surface area contributed by atoms with E-state index >= 15 is 0 Å². The molecule has 2 N–H and O–H groups in total. The molecule has 1 aliphatic rings. The molecule has 1 rings (SSSR count). The lowest BCUT2D eigenvalue weighted by Gasteiger charge is -2.33. The predicted octanol–water partition coefficient (Wildman–Crippen LogP) is 1.14. The smallest absolute Gasteiger partial charge is 0.0223 e. The van der Waals surface area contributed by atoms with Crippen molar-refractivity contribution in [3.05, 3.63) is 0 Å². The van der Waals surface area contributed by atoms with E-state index in [0.29, 0.717) is 6.04 Å². The van der Waals surface area contributed by atoms with Crippen LogP contribution in [0, 0.1) is 0 Å². The largest absolute Gasteiger partial charge is 0.327 e. The zero-order chi connectivity index (χ0) is 11.4. The molecule has 0 amide bonds. The van der Waals surface area contributed by atoms with E-state index in [1.807, 2.05) is 0 Å². The highest BCUT2D eigenvalue weighted by Gasteiger charge is 2.25. The lowest BCUT2D eigenvalue weighted by atomic mass is 10.1. The maximum Gasteiger partial charge on any atom is 0.0223 e. The summed E-state index contributed by atoms with van der Waals surface area (Å²) in [4.78, 5) is 4.99. The Morgan fingerprint density at radius 3 is 2.67 bits per heavy atom. The zero-order valence-electron chi connectivity index (χ0n) is 10.7. The average Bonchev–Trinajstić information content (AvgIpc) is 2.63. The van der Waals surface area contributed by atoms with Gasteiger partial charge in [-0.05, 0) is 46.8 Å². The molecule has 0 spiro atoms. The molecule has 3 unspecified atom stereocenters. The minimum Gasteiger partial charge on any atom is -0.327 e. The van der Waals surface area contributed by atoms with Crippen LogP contribution in [0.5, 0.6) is 0 Å². The number of hydrogen-bond acceptors (Lipinski definition) is 3. The molecule has 3 heteroatoms. The Morgan fingerprint density at radius 2 is 2.13 bits per heavy atom. The maximum atomic E-state index is 5.92. The van der Waals surface area contributed by atoms with Gasteiger partial charge in [0.05, 0.1) is 0 Å². The van der Waals surface area contributed by atoms with Crippen LogP contribution in [0.1, 0.15) is 33.6 Å². The number of likely N-dealkylation sites (tertiary alicyclic amines) is 1. The minimum atomic E-state index is 0.256. The lowest BCUT2D eigenvalue weighted by Crippen LogP contribution is -2.47. The SMILES string of the molecule is CCN1CCCC1CN(C)C(C)C(C)N. The van der Waals surface area contributed by atoms with E-state index < -0.39 is 0 Å². The van der Waals surface area contributed by atoms with Crippen molar-refractivity contribution in [2.75, 3.05) is 26.7 Å². The zero-order valence-corrected chi connectivity index (χ0v) is 10.7. The average molecular weight is 213 g/mol. The second kappa shape index (κ2) is 5.83. The third-order valence-corrected chi connectivity index (χ3v) is 3.86. The number of likely N-dealkylation sites (N-methyl/N-ethyl adjacent to an activating group) is 2. The maximum absolute atomic E-state index is 5.92. The highest BCUT2D eigenvalue weighted by Crippen LogP contribution is 2.18. The van der Waals surface area contributed by atoms with Crippen molar-refractivity contribution in [2.24, 2.45) is 5.73 Å². The normalized spacial score (nSPS) is 27.2. The molecule has 0 saturated carbocycles. The highest BCUT2D eigenvalue weighted by molar-refractivity contribution is 4.83. The molecule has 1 saturated heterocycles. The first-order valence-corrected chi connectivity index (χ1v) is 6.26. The summed E-state index contributed by atoms with van der Waals surface area (Å²) in [6.07, 6.45) is 2.71. The van der Waals surface area contributed by atoms with Crippen molar-refractivity contribution >= 4 is 0 Å². The topological polar surface area (TPSA) is 32.5 Å². The first-order chi connectivity index (χ1) is 7.06. The predicted molar refractivity (Wildman–Crippen MR) is 66.0 cm³/mol. The molecule has 3 atom stereocenters. The molecule has 0 bridgehead atoms. The number of hydrogen-bond donors (Lipinski definition) is 1.